The maximum absolute atomic E-state index is 4.53. The van der Waals surface area contributed by atoms with Crippen LogP contribution < -0.4 is 5.32 Å². The highest BCUT2D eigenvalue weighted by molar-refractivity contribution is 5.09. The molecule has 19 heavy (non-hydrogen) atoms. The summed E-state index contributed by atoms with van der Waals surface area (Å²) < 4.78 is 2.14. The normalized spacial score (nSPS) is 18.1. The van der Waals surface area contributed by atoms with Crippen LogP contribution in [0, 0.1) is 6.92 Å². The molecule has 2 rings (SSSR count). The lowest BCUT2D eigenvalue weighted by molar-refractivity contribution is 0.186. The highest BCUT2D eigenvalue weighted by Gasteiger charge is 2.19. The first-order valence-electron chi connectivity index (χ1n) is 7.72. The summed E-state index contributed by atoms with van der Waals surface area (Å²) in [4.78, 5) is 2.56. The molecular formula is C15H28N4. The number of hydrogen-bond donors (Lipinski definition) is 1. The van der Waals surface area contributed by atoms with E-state index in [-0.39, 0.29) is 0 Å². The molecule has 0 aromatic carbocycles. The van der Waals surface area contributed by atoms with Crippen molar-refractivity contribution < 1.29 is 0 Å². The van der Waals surface area contributed by atoms with Crippen LogP contribution in [-0.2, 0) is 13.1 Å². The van der Waals surface area contributed by atoms with Gasteiger partial charge in [0.2, 0.25) is 0 Å². The van der Waals surface area contributed by atoms with Gasteiger partial charge in [-0.2, -0.15) is 5.10 Å². The van der Waals surface area contributed by atoms with E-state index in [0.717, 1.165) is 31.4 Å². The van der Waals surface area contributed by atoms with Crippen molar-refractivity contribution in [3.8, 4) is 0 Å². The Balaban J connectivity index is 1.81. The molecule has 4 nitrogen and oxygen atoms in total. The van der Waals surface area contributed by atoms with Crippen molar-refractivity contribution >= 4 is 0 Å². The Morgan fingerprint density at radius 3 is 2.68 bits per heavy atom. The van der Waals surface area contributed by atoms with Gasteiger partial charge in [-0.1, -0.05) is 6.92 Å². The zero-order valence-corrected chi connectivity index (χ0v) is 12.7. The first-order valence-corrected chi connectivity index (χ1v) is 7.72. The summed E-state index contributed by atoms with van der Waals surface area (Å²) in [7, 11) is 0. The summed E-state index contributed by atoms with van der Waals surface area (Å²) in [5.41, 5.74) is 2.50. The fourth-order valence-corrected chi connectivity index (χ4v) is 2.87. The van der Waals surface area contributed by atoms with E-state index in [2.05, 4.69) is 46.8 Å². The van der Waals surface area contributed by atoms with E-state index in [9.17, 15) is 0 Å². The molecule has 1 aromatic rings. The highest BCUT2D eigenvalue weighted by Crippen LogP contribution is 2.14. The van der Waals surface area contributed by atoms with Gasteiger partial charge in [-0.15, -0.1) is 0 Å². The number of hydrogen-bond acceptors (Lipinski definition) is 3. The fourth-order valence-electron chi connectivity index (χ4n) is 2.87. The Hall–Kier alpha value is -0.870. The van der Waals surface area contributed by atoms with Gasteiger partial charge in [-0.3, -0.25) is 9.58 Å². The van der Waals surface area contributed by atoms with Crippen LogP contribution in [-0.4, -0.2) is 40.4 Å². The van der Waals surface area contributed by atoms with Gasteiger partial charge in [-0.25, -0.2) is 0 Å². The third-order valence-corrected chi connectivity index (χ3v) is 3.94. The van der Waals surface area contributed by atoms with Crippen LogP contribution in [0.2, 0.25) is 0 Å². The van der Waals surface area contributed by atoms with E-state index in [0.29, 0.717) is 0 Å². The summed E-state index contributed by atoms with van der Waals surface area (Å²) >= 11 is 0. The van der Waals surface area contributed by atoms with Crippen LogP contribution in [0.15, 0.2) is 6.07 Å². The van der Waals surface area contributed by atoms with Crippen LogP contribution in [0.1, 0.15) is 44.5 Å². The minimum Gasteiger partial charge on any atom is -0.314 e. The van der Waals surface area contributed by atoms with Crippen molar-refractivity contribution in [2.24, 2.45) is 0 Å². The molecule has 0 radical (unpaired) electrons. The van der Waals surface area contributed by atoms with Gasteiger partial charge in [0.15, 0.2) is 0 Å². The Kier molecular flexibility index (Phi) is 5.40. The highest BCUT2D eigenvalue weighted by atomic mass is 15.3. The average Bonchev–Trinajstić information content (AvgIpc) is 2.78. The zero-order valence-electron chi connectivity index (χ0n) is 12.7. The van der Waals surface area contributed by atoms with Gasteiger partial charge in [0.25, 0.3) is 0 Å². The number of aromatic nitrogens is 2. The van der Waals surface area contributed by atoms with Crippen LogP contribution in [0.5, 0.6) is 0 Å². The molecule has 4 heteroatoms. The number of nitrogens with one attached hydrogen (secondary N) is 1. The van der Waals surface area contributed by atoms with Gasteiger partial charge in [0.1, 0.15) is 0 Å². The second kappa shape index (κ2) is 7.06. The standard InChI is InChI=1S/C15H28N4/c1-4-8-16-14-6-9-18(10-7-14)12-15-11-13(3)17-19(15)5-2/h11,14,16H,4-10,12H2,1-3H3. The molecule has 1 aliphatic rings. The molecule has 0 spiro atoms. The van der Waals surface area contributed by atoms with Crippen LogP contribution in [0.25, 0.3) is 0 Å². The molecule has 1 saturated heterocycles. The monoisotopic (exact) mass is 264 g/mol. The first kappa shape index (κ1) is 14.5. The van der Waals surface area contributed by atoms with Gasteiger partial charge >= 0.3 is 0 Å². The largest absolute Gasteiger partial charge is 0.314 e. The molecular weight excluding hydrogens is 236 g/mol. The predicted molar refractivity (Wildman–Crippen MR) is 79.2 cm³/mol. The van der Waals surface area contributed by atoms with E-state index >= 15 is 0 Å². The number of likely N-dealkylation sites (tertiary alicyclic amines) is 1. The number of nitrogens with zero attached hydrogens (tertiary/aromatic N) is 3. The Morgan fingerprint density at radius 2 is 2.05 bits per heavy atom. The molecule has 1 aromatic heterocycles. The molecule has 108 valence electrons. The second-order valence-corrected chi connectivity index (χ2v) is 5.60. The average molecular weight is 264 g/mol. The molecule has 0 atom stereocenters. The molecule has 0 saturated carbocycles. The SMILES string of the molecule is CCCNC1CCN(Cc2cc(C)nn2CC)CC1. The Morgan fingerprint density at radius 1 is 1.32 bits per heavy atom. The maximum Gasteiger partial charge on any atom is 0.0597 e. The van der Waals surface area contributed by atoms with Gasteiger partial charge in [0, 0.05) is 32.2 Å². The van der Waals surface area contributed by atoms with Gasteiger partial charge in [-0.05, 0) is 45.7 Å². The quantitative estimate of drug-likeness (QED) is 0.855. The molecule has 0 bridgehead atoms. The van der Waals surface area contributed by atoms with E-state index in [1.165, 1.54) is 38.0 Å². The molecule has 1 aliphatic heterocycles. The van der Waals surface area contributed by atoms with E-state index < -0.39 is 0 Å². The topological polar surface area (TPSA) is 33.1 Å². The Bertz CT molecular complexity index is 377. The Labute approximate surface area is 117 Å². The molecule has 0 aliphatic carbocycles. The van der Waals surface area contributed by atoms with E-state index in [1.807, 2.05) is 0 Å². The summed E-state index contributed by atoms with van der Waals surface area (Å²) in [6.45, 7) is 12.1. The summed E-state index contributed by atoms with van der Waals surface area (Å²) in [6, 6.07) is 2.96. The van der Waals surface area contributed by atoms with Gasteiger partial charge in [0.05, 0.1) is 11.4 Å². The van der Waals surface area contributed by atoms with Crippen molar-refractivity contribution in [3.63, 3.8) is 0 Å². The smallest absolute Gasteiger partial charge is 0.0597 e. The molecule has 1 fully saturated rings. The van der Waals surface area contributed by atoms with E-state index in [1.54, 1.807) is 0 Å². The van der Waals surface area contributed by atoms with Crippen LogP contribution >= 0.6 is 0 Å². The molecule has 0 unspecified atom stereocenters. The lowest BCUT2D eigenvalue weighted by atomic mass is 10.0. The third kappa shape index (κ3) is 4.05. The lowest BCUT2D eigenvalue weighted by Gasteiger charge is -2.32. The van der Waals surface area contributed by atoms with Crippen molar-refractivity contribution in [2.75, 3.05) is 19.6 Å². The maximum atomic E-state index is 4.53. The minimum atomic E-state index is 0.731. The van der Waals surface area contributed by atoms with Crippen molar-refractivity contribution in [2.45, 2.75) is 59.2 Å². The van der Waals surface area contributed by atoms with Crippen molar-refractivity contribution in [1.82, 2.24) is 20.0 Å². The van der Waals surface area contributed by atoms with Crippen LogP contribution in [0.3, 0.4) is 0 Å². The lowest BCUT2D eigenvalue weighted by Crippen LogP contribution is -2.42. The number of rotatable bonds is 6. The summed E-state index contributed by atoms with van der Waals surface area (Å²) in [5, 5.41) is 8.17. The fraction of sp³-hybridized carbons (Fsp3) is 0.800. The number of aryl methyl sites for hydroxylation is 2. The first-order chi connectivity index (χ1) is 9.22. The minimum absolute atomic E-state index is 0.731. The molecule has 1 N–H and O–H groups in total. The third-order valence-electron chi connectivity index (χ3n) is 3.94. The zero-order chi connectivity index (χ0) is 13.7. The molecule has 0 amide bonds. The number of piperidine rings is 1. The summed E-state index contributed by atoms with van der Waals surface area (Å²) in [6.07, 6.45) is 3.79. The van der Waals surface area contributed by atoms with Crippen LogP contribution in [0.4, 0.5) is 0 Å². The van der Waals surface area contributed by atoms with Crippen molar-refractivity contribution in [3.05, 3.63) is 17.5 Å². The van der Waals surface area contributed by atoms with Gasteiger partial charge < -0.3 is 5.32 Å². The van der Waals surface area contributed by atoms with E-state index in [4.69, 9.17) is 0 Å². The van der Waals surface area contributed by atoms with Crippen molar-refractivity contribution in [1.29, 1.82) is 0 Å². The molecule has 2 heterocycles. The second-order valence-electron chi connectivity index (χ2n) is 5.60. The predicted octanol–water partition coefficient (Wildman–Crippen LogP) is 2.18. The summed E-state index contributed by atoms with van der Waals surface area (Å²) in [5.74, 6) is 0.